The number of hydrogen-bond donors (Lipinski definition) is 1. The number of anilines is 1. The van der Waals surface area contributed by atoms with Gasteiger partial charge in [0.1, 0.15) is 4.90 Å². The number of halogens is 2. The molecule has 0 saturated carbocycles. The standard InChI is InChI=1S/C22H25Cl2N3O3S/c1-14-6-4-5-7-17(14)22(28)25-18-8-9-19(21(24)20(18)23)31(29,30)26-15(2)16-10-12-27(3)13-11-16/h4-9,16H,10-13H2,1-3H3,(H,25,28). The molecule has 1 aliphatic heterocycles. The average molecular weight is 482 g/mol. The third kappa shape index (κ3) is 5.47. The second kappa shape index (κ2) is 9.69. The molecule has 0 aromatic heterocycles. The lowest BCUT2D eigenvalue weighted by Crippen LogP contribution is -2.33. The van der Waals surface area contributed by atoms with Crippen molar-refractivity contribution >= 4 is 50.5 Å². The molecule has 2 aromatic rings. The highest BCUT2D eigenvalue weighted by atomic mass is 35.5. The van der Waals surface area contributed by atoms with E-state index in [9.17, 15) is 13.2 Å². The van der Waals surface area contributed by atoms with Crippen molar-refractivity contribution in [2.24, 2.45) is 10.3 Å². The van der Waals surface area contributed by atoms with E-state index in [1.165, 1.54) is 12.1 Å². The number of benzene rings is 2. The van der Waals surface area contributed by atoms with Gasteiger partial charge in [0, 0.05) is 17.2 Å². The molecule has 1 amide bonds. The van der Waals surface area contributed by atoms with Gasteiger partial charge in [0.05, 0.1) is 15.7 Å². The van der Waals surface area contributed by atoms with Crippen LogP contribution in [0.25, 0.3) is 0 Å². The SMILES string of the molecule is CC(=NS(=O)(=O)c1ccc(NC(=O)c2ccccc2C)c(Cl)c1Cl)C1CCN(C)CC1. The maximum Gasteiger partial charge on any atom is 0.283 e. The molecule has 2 aromatic carbocycles. The fourth-order valence-corrected chi connectivity index (χ4v) is 5.50. The van der Waals surface area contributed by atoms with Crippen molar-refractivity contribution in [3.05, 3.63) is 57.6 Å². The van der Waals surface area contributed by atoms with E-state index in [4.69, 9.17) is 23.2 Å². The lowest BCUT2D eigenvalue weighted by Gasteiger charge is -2.28. The number of nitrogens with one attached hydrogen (secondary N) is 1. The first-order valence-corrected chi connectivity index (χ1v) is 12.1. The molecule has 1 N–H and O–H groups in total. The molecule has 1 heterocycles. The van der Waals surface area contributed by atoms with Crippen molar-refractivity contribution in [2.45, 2.75) is 31.6 Å². The number of amides is 1. The van der Waals surface area contributed by atoms with Crippen LogP contribution >= 0.6 is 23.2 Å². The first-order valence-electron chi connectivity index (χ1n) is 9.95. The summed E-state index contributed by atoms with van der Waals surface area (Å²) in [5.74, 6) is -0.240. The Morgan fingerprint density at radius 2 is 1.74 bits per heavy atom. The molecule has 0 aliphatic carbocycles. The molecule has 0 radical (unpaired) electrons. The maximum absolute atomic E-state index is 12.9. The number of likely N-dealkylation sites (tertiary alicyclic amines) is 1. The van der Waals surface area contributed by atoms with Crippen LogP contribution in [0.2, 0.25) is 10.0 Å². The Kier molecular flexibility index (Phi) is 7.42. The van der Waals surface area contributed by atoms with Gasteiger partial charge in [-0.1, -0.05) is 41.4 Å². The minimum absolute atomic E-state index is 0.0446. The van der Waals surface area contributed by atoms with Crippen LogP contribution in [-0.4, -0.2) is 45.1 Å². The number of carbonyl (C=O) groups excluding carboxylic acids is 1. The van der Waals surface area contributed by atoms with Crippen molar-refractivity contribution in [3.8, 4) is 0 Å². The molecule has 0 spiro atoms. The lowest BCUT2D eigenvalue weighted by atomic mass is 9.93. The van der Waals surface area contributed by atoms with Crippen LogP contribution in [-0.2, 0) is 10.0 Å². The van der Waals surface area contributed by atoms with Gasteiger partial charge in [0.25, 0.3) is 15.9 Å². The number of sulfonamides is 1. The average Bonchev–Trinajstić information content (AvgIpc) is 2.71. The van der Waals surface area contributed by atoms with Crippen molar-refractivity contribution in [2.75, 3.05) is 25.5 Å². The Morgan fingerprint density at radius 3 is 2.39 bits per heavy atom. The molecule has 31 heavy (non-hydrogen) atoms. The Labute approximate surface area is 193 Å². The summed E-state index contributed by atoms with van der Waals surface area (Å²) in [6.45, 7) is 5.36. The monoisotopic (exact) mass is 481 g/mol. The largest absolute Gasteiger partial charge is 0.321 e. The second-order valence-corrected chi connectivity index (χ2v) is 10.1. The summed E-state index contributed by atoms with van der Waals surface area (Å²) in [5.41, 5.74) is 2.09. The number of aryl methyl sites for hydroxylation is 1. The Balaban J connectivity index is 1.85. The molecule has 9 heteroatoms. The van der Waals surface area contributed by atoms with Crippen LogP contribution in [0.1, 0.15) is 35.7 Å². The zero-order valence-electron chi connectivity index (χ0n) is 17.7. The van der Waals surface area contributed by atoms with Gasteiger partial charge in [-0.3, -0.25) is 4.79 Å². The summed E-state index contributed by atoms with van der Waals surface area (Å²) in [4.78, 5) is 14.6. The lowest BCUT2D eigenvalue weighted by molar-refractivity contribution is 0.102. The summed E-state index contributed by atoms with van der Waals surface area (Å²) < 4.78 is 29.8. The van der Waals surface area contributed by atoms with Gasteiger partial charge >= 0.3 is 0 Å². The molecule has 1 aliphatic rings. The molecule has 3 rings (SSSR count). The van der Waals surface area contributed by atoms with Gasteiger partial charge in [-0.15, -0.1) is 0 Å². The van der Waals surface area contributed by atoms with Crippen LogP contribution in [0.5, 0.6) is 0 Å². The molecule has 0 unspecified atom stereocenters. The topological polar surface area (TPSA) is 78.8 Å². The van der Waals surface area contributed by atoms with Crippen LogP contribution in [0.3, 0.4) is 0 Å². The number of nitrogens with zero attached hydrogens (tertiary/aromatic N) is 2. The minimum atomic E-state index is -4.03. The van der Waals surface area contributed by atoms with Gasteiger partial charge in [-0.2, -0.15) is 12.8 Å². The first-order chi connectivity index (χ1) is 14.6. The van der Waals surface area contributed by atoms with Gasteiger partial charge in [0.2, 0.25) is 0 Å². The molecule has 0 atom stereocenters. The quantitative estimate of drug-likeness (QED) is 0.606. The third-order valence-corrected chi connectivity index (χ3v) is 7.95. The molecule has 0 bridgehead atoms. The van der Waals surface area contributed by atoms with Gasteiger partial charge in [0.15, 0.2) is 0 Å². The van der Waals surface area contributed by atoms with Gasteiger partial charge in [-0.05, 0) is 70.6 Å². The number of piperidine rings is 1. The number of rotatable bonds is 5. The molecular formula is C22H25Cl2N3O3S. The highest BCUT2D eigenvalue weighted by Crippen LogP contribution is 2.36. The smallest absolute Gasteiger partial charge is 0.283 e. The van der Waals surface area contributed by atoms with Crippen molar-refractivity contribution in [3.63, 3.8) is 0 Å². The highest BCUT2D eigenvalue weighted by Gasteiger charge is 2.25. The molecular weight excluding hydrogens is 457 g/mol. The second-order valence-electron chi connectivity index (χ2n) is 7.79. The summed E-state index contributed by atoms with van der Waals surface area (Å²) in [5, 5.41) is 2.49. The fraction of sp³-hybridized carbons (Fsp3) is 0.364. The fourth-order valence-electron chi connectivity index (χ4n) is 3.58. The minimum Gasteiger partial charge on any atom is -0.321 e. The Bertz CT molecular complexity index is 1120. The maximum atomic E-state index is 12.9. The molecule has 166 valence electrons. The van der Waals surface area contributed by atoms with Gasteiger partial charge in [-0.25, -0.2) is 0 Å². The van der Waals surface area contributed by atoms with Crippen LogP contribution in [0, 0.1) is 12.8 Å². The summed E-state index contributed by atoms with van der Waals surface area (Å²) in [6.07, 6.45) is 1.72. The number of carbonyl (C=O) groups is 1. The number of hydrogen-bond acceptors (Lipinski definition) is 4. The summed E-state index contributed by atoms with van der Waals surface area (Å²) in [6, 6.07) is 9.87. The van der Waals surface area contributed by atoms with E-state index in [-0.39, 0.29) is 32.5 Å². The van der Waals surface area contributed by atoms with E-state index >= 15 is 0 Å². The molecule has 1 fully saturated rings. The van der Waals surface area contributed by atoms with Gasteiger partial charge < -0.3 is 10.2 Å². The zero-order chi connectivity index (χ0) is 22.8. The molecule has 6 nitrogen and oxygen atoms in total. The van der Waals surface area contributed by atoms with Crippen LogP contribution < -0.4 is 5.32 Å². The van der Waals surface area contributed by atoms with E-state index in [2.05, 4.69) is 14.6 Å². The van der Waals surface area contributed by atoms with E-state index in [1.54, 1.807) is 19.1 Å². The summed E-state index contributed by atoms with van der Waals surface area (Å²) in [7, 11) is -1.99. The summed E-state index contributed by atoms with van der Waals surface area (Å²) >= 11 is 12.6. The van der Waals surface area contributed by atoms with Crippen molar-refractivity contribution in [1.82, 2.24) is 4.90 Å². The highest BCUT2D eigenvalue weighted by molar-refractivity contribution is 7.90. The van der Waals surface area contributed by atoms with E-state index < -0.39 is 10.0 Å². The van der Waals surface area contributed by atoms with E-state index in [0.29, 0.717) is 11.3 Å². The third-order valence-electron chi connectivity index (χ3n) is 5.54. The first kappa shape index (κ1) is 23.7. The Morgan fingerprint density at radius 1 is 1.10 bits per heavy atom. The van der Waals surface area contributed by atoms with Crippen LogP contribution in [0.4, 0.5) is 5.69 Å². The predicted molar refractivity (Wildman–Crippen MR) is 126 cm³/mol. The molecule has 1 saturated heterocycles. The zero-order valence-corrected chi connectivity index (χ0v) is 20.0. The van der Waals surface area contributed by atoms with E-state index in [0.717, 1.165) is 31.5 Å². The normalized spacial score (nSPS) is 16.4. The predicted octanol–water partition coefficient (Wildman–Crippen LogP) is 5.05. The van der Waals surface area contributed by atoms with Crippen molar-refractivity contribution < 1.29 is 13.2 Å². The van der Waals surface area contributed by atoms with Crippen molar-refractivity contribution in [1.29, 1.82) is 0 Å². The van der Waals surface area contributed by atoms with E-state index in [1.807, 2.05) is 26.1 Å². The Hall–Kier alpha value is -1.93. The van der Waals surface area contributed by atoms with Crippen LogP contribution in [0.15, 0.2) is 45.7 Å².